The zero-order valence-electron chi connectivity index (χ0n) is 11.2. The van der Waals surface area contributed by atoms with Gasteiger partial charge < -0.3 is 35.6 Å². The molecule has 0 radical (unpaired) electrons. The molecular weight excluding hydrogens is 254 g/mol. The number of nitrogens with two attached hydrogens (primary N) is 1. The Bertz CT molecular complexity index is 240. The monoisotopic (exact) mass is 279 g/mol. The Morgan fingerprint density at radius 3 is 2.37 bits per heavy atom. The van der Waals surface area contributed by atoms with Crippen molar-refractivity contribution in [2.24, 2.45) is 5.73 Å². The molecule has 0 heterocycles. The molecule has 114 valence electrons. The Hall–Kier alpha value is -0.540. The zero-order valence-corrected chi connectivity index (χ0v) is 11.2. The van der Waals surface area contributed by atoms with E-state index in [0.29, 0.717) is 0 Å². The second-order valence-electron chi connectivity index (χ2n) is 4.13. The number of ether oxygens (including phenoxy) is 2. The molecule has 0 saturated heterocycles. The third-order valence-corrected chi connectivity index (χ3v) is 2.62. The van der Waals surface area contributed by atoms with Crippen molar-refractivity contribution >= 4 is 0 Å². The molecule has 7 nitrogen and oxygen atoms in total. The Kier molecular flexibility index (Phi) is 9.98. The molecule has 0 spiro atoms. The zero-order chi connectivity index (χ0) is 14.8. The van der Waals surface area contributed by atoms with Gasteiger partial charge in [0.2, 0.25) is 0 Å². The summed E-state index contributed by atoms with van der Waals surface area (Å²) < 4.78 is 10.2. The molecule has 7 heteroatoms. The maximum absolute atomic E-state index is 9.87. The van der Waals surface area contributed by atoms with Crippen molar-refractivity contribution in [1.82, 2.24) is 0 Å². The summed E-state index contributed by atoms with van der Waals surface area (Å²) in [5, 5.41) is 38.1. The van der Waals surface area contributed by atoms with E-state index in [4.69, 9.17) is 20.3 Å². The molecule has 0 aromatic rings. The molecule has 0 aromatic heterocycles. The van der Waals surface area contributed by atoms with E-state index in [9.17, 15) is 15.3 Å². The van der Waals surface area contributed by atoms with Crippen molar-refractivity contribution in [2.45, 2.75) is 37.4 Å². The smallest absolute Gasteiger partial charge is 0.105 e. The summed E-state index contributed by atoms with van der Waals surface area (Å²) in [6.07, 6.45) is -3.26. The highest BCUT2D eigenvalue weighted by atomic mass is 16.5. The predicted molar refractivity (Wildman–Crippen MR) is 69.5 cm³/mol. The van der Waals surface area contributed by atoms with Crippen LogP contribution in [0.4, 0.5) is 0 Å². The molecule has 19 heavy (non-hydrogen) atoms. The normalized spacial score (nSPS) is 19.5. The summed E-state index contributed by atoms with van der Waals surface area (Å²) in [7, 11) is 0. The van der Waals surface area contributed by atoms with Gasteiger partial charge in [-0.2, -0.15) is 0 Å². The highest BCUT2D eigenvalue weighted by Crippen LogP contribution is 2.10. The Morgan fingerprint density at radius 1 is 1.26 bits per heavy atom. The SMILES string of the molecule is C=CCOCC(O)[C@H](O)[C@@H](N)[C@@H](OCC)C(O)CO. The fourth-order valence-electron chi connectivity index (χ4n) is 1.60. The van der Waals surface area contributed by atoms with Crippen molar-refractivity contribution in [2.75, 3.05) is 26.4 Å². The molecule has 0 saturated carbocycles. The van der Waals surface area contributed by atoms with Crippen LogP contribution < -0.4 is 5.73 Å². The van der Waals surface area contributed by atoms with Gasteiger partial charge in [-0.05, 0) is 6.92 Å². The fourth-order valence-corrected chi connectivity index (χ4v) is 1.60. The van der Waals surface area contributed by atoms with Crippen LogP contribution in [0.2, 0.25) is 0 Å². The average molecular weight is 279 g/mol. The second-order valence-corrected chi connectivity index (χ2v) is 4.13. The van der Waals surface area contributed by atoms with E-state index in [-0.39, 0.29) is 19.8 Å². The molecule has 0 fully saturated rings. The lowest BCUT2D eigenvalue weighted by atomic mass is 9.97. The van der Waals surface area contributed by atoms with E-state index in [1.54, 1.807) is 6.92 Å². The molecule has 0 aliphatic heterocycles. The maximum atomic E-state index is 9.87. The first-order valence-corrected chi connectivity index (χ1v) is 6.20. The highest BCUT2D eigenvalue weighted by molar-refractivity contribution is 4.89. The molecule has 5 atom stereocenters. The minimum Gasteiger partial charge on any atom is -0.394 e. The first-order chi connectivity index (χ1) is 8.99. The number of hydrogen-bond donors (Lipinski definition) is 5. The standard InChI is InChI=1S/C12H25NO6/c1-3-5-18-7-9(16)11(17)10(13)12(19-4-2)8(15)6-14/h3,8-12,14-17H,1,4-7,13H2,2H3/t8?,9?,10-,11+,12+/m1/s1. The Morgan fingerprint density at radius 2 is 1.89 bits per heavy atom. The molecular formula is C12H25NO6. The van der Waals surface area contributed by atoms with E-state index in [2.05, 4.69) is 6.58 Å². The third-order valence-electron chi connectivity index (χ3n) is 2.62. The second kappa shape index (κ2) is 10.3. The minimum absolute atomic E-state index is 0.116. The van der Waals surface area contributed by atoms with Crippen LogP contribution >= 0.6 is 0 Å². The summed E-state index contributed by atoms with van der Waals surface area (Å²) in [5.74, 6) is 0. The summed E-state index contributed by atoms with van der Waals surface area (Å²) in [6, 6.07) is -1.05. The van der Waals surface area contributed by atoms with Gasteiger partial charge in [0.25, 0.3) is 0 Å². The Balaban J connectivity index is 4.46. The molecule has 0 bridgehead atoms. The van der Waals surface area contributed by atoms with Gasteiger partial charge in [0.15, 0.2) is 0 Å². The van der Waals surface area contributed by atoms with Crippen LogP contribution in [0.1, 0.15) is 6.92 Å². The number of aliphatic hydroxyl groups is 4. The third kappa shape index (κ3) is 6.44. The minimum atomic E-state index is -1.34. The summed E-state index contributed by atoms with van der Waals surface area (Å²) in [4.78, 5) is 0. The lowest BCUT2D eigenvalue weighted by molar-refractivity contribution is -0.110. The van der Waals surface area contributed by atoms with Gasteiger partial charge in [-0.15, -0.1) is 6.58 Å². The topological polar surface area (TPSA) is 125 Å². The van der Waals surface area contributed by atoms with Crippen LogP contribution in [0.25, 0.3) is 0 Å². The van der Waals surface area contributed by atoms with Crippen molar-refractivity contribution < 1.29 is 29.9 Å². The molecule has 0 aliphatic carbocycles. The quantitative estimate of drug-likeness (QED) is 0.219. The largest absolute Gasteiger partial charge is 0.394 e. The molecule has 0 amide bonds. The van der Waals surface area contributed by atoms with Crippen LogP contribution in [-0.2, 0) is 9.47 Å². The van der Waals surface area contributed by atoms with Gasteiger partial charge >= 0.3 is 0 Å². The first kappa shape index (κ1) is 18.5. The number of rotatable bonds is 11. The van der Waals surface area contributed by atoms with Gasteiger partial charge in [-0.1, -0.05) is 6.08 Å². The van der Waals surface area contributed by atoms with E-state index in [1.807, 2.05) is 0 Å². The first-order valence-electron chi connectivity index (χ1n) is 6.20. The summed E-state index contributed by atoms with van der Waals surface area (Å²) >= 11 is 0. The van der Waals surface area contributed by atoms with Gasteiger partial charge in [0.1, 0.15) is 18.3 Å². The van der Waals surface area contributed by atoms with E-state index >= 15 is 0 Å². The highest BCUT2D eigenvalue weighted by Gasteiger charge is 2.34. The molecule has 6 N–H and O–H groups in total. The number of hydrogen-bond acceptors (Lipinski definition) is 7. The molecule has 0 aliphatic rings. The van der Waals surface area contributed by atoms with Crippen LogP contribution in [-0.4, -0.2) is 77.3 Å². The average Bonchev–Trinajstić information content (AvgIpc) is 2.42. The molecule has 2 unspecified atom stereocenters. The van der Waals surface area contributed by atoms with Crippen molar-refractivity contribution in [3.63, 3.8) is 0 Å². The van der Waals surface area contributed by atoms with Gasteiger partial charge in [0.05, 0.1) is 32.0 Å². The van der Waals surface area contributed by atoms with E-state index in [0.717, 1.165) is 0 Å². The van der Waals surface area contributed by atoms with E-state index in [1.165, 1.54) is 6.08 Å². The van der Waals surface area contributed by atoms with Crippen LogP contribution in [0.15, 0.2) is 12.7 Å². The predicted octanol–water partition coefficient (Wildman–Crippen LogP) is -2.00. The number of aliphatic hydroxyl groups excluding tert-OH is 4. The van der Waals surface area contributed by atoms with Crippen molar-refractivity contribution in [3.05, 3.63) is 12.7 Å². The Labute approximate surface area is 113 Å². The van der Waals surface area contributed by atoms with Gasteiger partial charge in [-0.25, -0.2) is 0 Å². The fraction of sp³-hybridized carbons (Fsp3) is 0.833. The van der Waals surface area contributed by atoms with Crippen molar-refractivity contribution in [1.29, 1.82) is 0 Å². The van der Waals surface area contributed by atoms with Crippen LogP contribution in [0.3, 0.4) is 0 Å². The van der Waals surface area contributed by atoms with Crippen LogP contribution in [0, 0.1) is 0 Å². The lowest BCUT2D eigenvalue weighted by Crippen LogP contribution is -2.56. The maximum Gasteiger partial charge on any atom is 0.105 e. The summed E-state index contributed by atoms with van der Waals surface area (Å²) in [5.41, 5.74) is 5.75. The van der Waals surface area contributed by atoms with E-state index < -0.39 is 37.1 Å². The molecule has 0 rings (SSSR count). The summed E-state index contributed by atoms with van der Waals surface area (Å²) in [6.45, 7) is 4.98. The molecule has 0 aromatic carbocycles. The van der Waals surface area contributed by atoms with Crippen molar-refractivity contribution in [3.8, 4) is 0 Å². The lowest BCUT2D eigenvalue weighted by Gasteiger charge is -2.32. The van der Waals surface area contributed by atoms with Gasteiger partial charge in [-0.3, -0.25) is 0 Å². The van der Waals surface area contributed by atoms with Gasteiger partial charge in [0, 0.05) is 6.61 Å². The van der Waals surface area contributed by atoms with Crippen LogP contribution in [0.5, 0.6) is 0 Å².